The fraction of sp³-hybridized carbons (Fsp3) is 0.300. The number of fused-ring (bicyclic) bond motifs is 1. The zero-order valence-corrected chi connectivity index (χ0v) is 28.2. The van der Waals surface area contributed by atoms with E-state index in [0.29, 0.717) is 55.4 Å². The summed E-state index contributed by atoms with van der Waals surface area (Å²) >= 11 is 16.3. The van der Waals surface area contributed by atoms with Crippen LogP contribution in [0.15, 0.2) is 70.0 Å². The Morgan fingerprint density at radius 2 is 1.91 bits per heavy atom. The summed E-state index contributed by atoms with van der Waals surface area (Å²) in [6, 6.07) is 7.94. The molecular formula is C30H30Cl2N4O6S3+2. The van der Waals surface area contributed by atoms with Crippen LogP contribution < -0.4 is 14.5 Å². The van der Waals surface area contributed by atoms with Crippen molar-refractivity contribution in [3.8, 4) is 5.75 Å². The Labute approximate surface area is 282 Å². The number of β-lactam (4-membered cyclic amide) rings is 1. The lowest BCUT2D eigenvalue weighted by Gasteiger charge is -2.49. The summed E-state index contributed by atoms with van der Waals surface area (Å²) in [5.41, 5.74) is 2.56. The highest BCUT2D eigenvalue weighted by atomic mass is 35.5. The number of pyridine rings is 2. The van der Waals surface area contributed by atoms with Gasteiger partial charge in [-0.3, -0.25) is 14.5 Å². The summed E-state index contributed by atoms with van der Waals surface area (Å²) < 4.78 is 3.65. The van der Waals surface area contributed by atoms with Gasteiger partial charge in [-0.05, 0) is 23.8 Å². The first-order valence-corrected chi connectivity index (χ1v) is 17.5. The second-order valence-electron chi connectivity index (χ2n) is 10.4. The summed E-state index contributed by atoms with van der Waals surface area (Å²) in [6.07, 6.45) is 5.51. The minimum Gasteiger partial charge on any atom is -0.502 e. The lowest BCUT2D eigenvalue weighted by molar-refractivity contribution is -0.691. The molecule has 2 amide bonds. The number of aromatic hydroxyl groups is 1. The number of aromatic nitrogens is 2. The minimum atomic E-state index is -1.18. The van der Waals surface area contributed by atoms with Crippen LogP contribution in [-0.2, 0) is 34.6 Å². The normalized spacial score (nSPS) is 17.6. The molecule has 2 unspecified atom stereocenters. The number of halogens is 2. The SMILES string of the molecule is Cc1c(O)c(C[n+]2ccc(SCC3=C(C(=O)O)N4C(=O)C(NC(=O)CSc5cc(Cl)ccc5Cl)C4SC3)cc2)c(CO)c[n+]1C. The van der Waals surface area contributed by atoms with Gasteiger partial charge in [-0.15, -0.1) is 35.3 Å². The Hall–Kier alpha value is -2.94. The second-order valence-corrected chi connectivity index (χ2v) is 14.4. The number of benzene rings is 1. The molecule has 5 rings (SSSR count). The number of aliphatic hydroxyl groups excluding tert-OH is 1. The maximum absolute atomic E-state index is 13.0. The molecule has 1 aromatic carbocycles. The van der Waals surface area contributed by atoms with Gasteiger partial charge < -0.3 is 20.6 Å². The van der Waals surface area contributed by atoms with Gasteiger partial charge in [0.05, 0.1) is 28.5 Å². The first-order chi connectivity index (χ1) is 21.5. The fourth-order valence-corrected chi connectivity index (χ4v) is 8.67. The van der Waals surface area contributed by atoms with Crippen molar-refractivity contribution in [1.29, 1.82) is 0 Å². The van der Waals surface area contributed by atoms with Crippen molar-refractivity contribution in [2.45, 2.75) is 41.3 Å². The molecule has 0 radical (unpaired) electrons. The maximum atomic E-state index is 13.0. The summed E-state index contributed by atoms with van der Waals surface area (Å²) in [5, 5.41) is 33.7. The predicted octanol–water partition coefficient (Wildman–Crippen LogP) is 3.28. The molecule has 10 nitrogen and oxygen atoms in total. The molecular weight excluding hydrogens is 679 g/mol. The van der Waals surface area contributed by atoms with Crippen molar-refractivity contribution >= 4 is 76.3 Å². The van der Waals surface area contributed by atoms with Crippen molar-refractivity contribution < 1.29 is 38.8 Å². The highest BCUT2D eigenvalue weighted by Gasteiger charge is 2.54. The number of amides is 2. The van der Waals surface area contributed by atoms with Crippen LogP contribution in [0.4, 0.5) is 0 Å². The standard InChI is InChI=1S/C30H28Cl2N4O6S3/c1-16-27(39)21(17(12-37)10-34(16)2)11-35-7-5-20(6-8-35)43-13-18-14-45-29-25(28(40)36(29)26(18)30(41)42)33-24(38)15-44-23-9-19(31)3-4-22(23)32/h3-10,25,29,37H,11-15H2,1-2H3,(H-2,33,38,39,41,42)/p+2. The molecule has 236 valence electrons. The van der Waals surface area contributed by atoms with E-state index in [1.54, 1.807) is 35.9 Å². The van der Waals surface area contributed by atoms with E-state index in [1.165, 1.54) is 40.2 Å². The van der Waals surface area contributed by atoms with Gasteiger partial charge >= 0.3 is 5.97 Å². The van der Waals surface area contributed by atoms with Crippen molar-refractivity contribution in [1.82, 2.24) is 10.2 Å². The smallest absolute Gasteiger partial charge is 0.352 e. The molecule has 45 heavy (non-hydrogen) atoms. The third-order valence-corrected chi connectivity index (χ3v) is 11.7. The molecule has 1 saturated heterocycles. The molecule has 4 N–H and O–H groups in total. The van der Waals surface area contributed by atoms with Crippen molar-refractivity contribution in [3.05, 3.63) is 87.1 Å². The minimum absolute atomic E-state index is 0.0231. The van der Waals surface area contributed by atoms with Crippen LogP contribution in [-0.4, -0.2) is 66.7 Å². The number of carboxylic acid groups (broad SMARTS) is 1. The van der Waals surface area contributed by atoms with Gasteiger partial charge in [0, 0.05) is 45.4 Å². The zero-order chi connectivity index (χ0) is 32.4. The number of carboxylic acids is 1. The largest absolute Gasteiger partial charge is 0.502 e. The molecule has 0 saturated carbocycles. The van der Waals surface area contributed by atoms with Crippen LogP contribution in [0.25, 0.3) is 0 Å². The molecule has 2 aliphatic rings. The number of carbonyl (C=O) groups excluding carboxylic acids is 2. The molecule has 3 aromatic rings. The number of hydrogen-bond acceptors (Lipinski definition) is 8. The number of aliphatic carboxylic acids is 1. The van der Waals surface area contributed by atoms with E-state index in [-0.39, 0.29) is 29.7 Å². The van der Waals surface area contributed by atoms with Gasteiger partial charge in [0.2, 0.25) is 11.6 Å². The highest BCUT2D eigenvalue weighted by Crippen LogP contribution is 2.41. The fourth-order valence-electron chi connectivity index (χ4n) is 5.00. The average Bonchev–Trinajstić information content (AvgIpc) is 3.03. The molecule has 2 atom stereocenters. The van der Waals surface area contributed by atoms with Crippen molar-refractivity contribution in [3.63, 3.8) is 0 Å². The monoisotopic (exact) mass is 708 g/mol. The number of thioether (sulfide) groups is 3. The number of aryl methyl sites for hydroxylation is 1. The summed E-state index contributed by atoms with van der Waals surface area (Å²) in [7, 11) is 1.81. The van der Waals surface area contributed by atoms with Crippen LogP contribution in [0, 0.1) is 6.92 Å². The van der Waals surface area contributed by atoms with Crippen LogP contribution >= 0.6 is 58.5 Å². The lowest BCUT2D eigenvalue weighted by atomic mass is 10.0. The molecule has 2 aliphatic heterocycles. The van der Waals surface area contributed by atoms with E-state index in [4.69, 9.17) is 23.2 Å². The van der Waals surface area contributed by atoms with Crippen LogP contribution in [0.1, 0.15) is 16.8 Å². The maximum Gasteiger partial charge on any atom is 0.352 e. The Bertz CT molecular complexity index is 1710. The van der Waals surface area contributed by atoms with Gasteiger partial charge in [-0.2, -0.15) is 0 Å². The van der Waals surface area contributed by atoms with E-state index in [1.807, 2.05) is 36.1 Å². The number of aliphatic hydroxyl groups is 1. The van der Waals surface area contributed by atoms with Crippen LogP contribution in [0.3, 0.4) is 0 Å². The number of nitrogens with zero attached hydrogens (tertiary/aromatic N) is 3. The van der Waals surface area contributed by atoms with E-state index in [2.05, 4.69) is 5.32 Å². The van der Waals surface area contributed by atoms with Crippen LogP contribution in [0.5, 0.6) is 5.75 Å². The van der Waals surface area contributed by atoms with Gasteiger partial charge in [0.25, 0.3) is 5.91 Å². The summed E-state index contributed by atoms with van der Waals surface area (Å²) in [5.74, 6) is -1.07. The molecule has 15 heteroatoms. The first-order valence-electron chi connectivity index (χ1n) is 13.7. The summed E-state index contributed by atoms with van der Waals surface area (Å²) in [6.45, 7) is 1.97. The topological polar surface area (TPSA) is 135 Å². The molecule has 0 bridgehead atoms. The predicted molar refractivity (Wildman–Crippen MR) is 173 cm³/mol. The average molecular weight is 710 g/mol. The van der Waals surface area contributed by atoms with Gasteiger partial charge in [-0.1, -0.05) is 23.2 Å². The van der Waals surface area contributed by atoms with E-state index < -0.39 is 23.3 Å². The Morgan fingerprint density at radius 3 is 2.60 bits per heavy atom. The summed E-state index contributed by atoms with van der Waals surface area (Å²) in [4.78, 5) is 40.8. The quantitative estimate of drug-likeness (QED) is 0.135. The molecule has 2 aromatic heterocycles. The zero-order valence-electron chi connectivity index (χ0n) is 24.2. The van der Waals surface area contributed by atoms with E-state index in [9.17, 15) is 29.7 Å². The van der Waals surface area contributed by atoms with Gasteiger partial charge in [0.15, 0.2) is 30.9 Å². The van der Waals surface area contributed by atoms with E-state index in [0.717, 1.165) is 4.90 Å². The Kier molecular flexibility index (Phi) is 10.6. The molecule has 0 aliphatic carbocycles. The third kappa shape index (κ3) is 7.23. The number of rotatable bonds is 11. The number of carbonyl (C=O) groups is 3. The van der Waals surface area contributed by atoms with E-state index >= 15 is 0 Å². The van der Waals surface area contributed by atoms with Crippen molar-refractivity contribution in [2.24, 2.45) is 7.05 Å². The first kappa shape index (κ1) is 33.4. The van der Waals surface area contributed by atoms with Crippen molar-refractivity contribution in [2.75, 3.05) is 17.3 Å². The molecule has 4 heterocycles. The number of nitrogens with one attached hydrogen (secondary N) is 1. The Morgan fingerprint density at radius 1 is 1.18 bits per heavy atom. The highest BCUT2D eigenvalue weighted by molar-refractivity contribution is 8.01. The second kappa shape index (κ2) is 14.2. The molecule has 0 spiro atoms. The van der Waals surface area contributed by atoms with Crippen LogP contribution in [0.2, 0.25) is 10.0 Å². The third-order valence-electron chi connectivity index (χ3n) is 7.50. The molecule has 1 fully saturated rings. The van der Waals surface area contributed by atoms with Gasteiger partial charge in [-0.25, -0.2) is 13.9 Å². The number of hydrogen-bond donors (Lipinski definition) is 4. The Balaban J connectivity index is 1.20. The lowest BCUT2D eigenvalue weighted by Crippen LogP contribution is -2.70. The van der Waals surface area contributed by atoms with Gasteiger partial charge in [0.1, 0.15) is 24.2 Å².